The lowest BCUT2D eigenvalue weighted by atomic mass is 9.81. The van der Waals surface area contributed by atoms with E-state index in [0.717, 1.165) is 76.2 Å². The lowest BCUT2D eigenvalue weighted by Crippen LogP contribution is -2.28. The summed E-state index contributed by atoms with van der Waals surface area (Å²) in [5.74, 6) is -1.33. The van der Waals surface area contributed by atoms with E-state index in [9.17, 15) is 40.6 Å². The van der Waals surface area contributed by atoms with Crippen LogP contribution in [0.5, 0.6) is 5.75 Å². The van der Waals surface area contributed by atoms with E-state index in [2.05, 4.69) is 18.7 Å². The SMILES string of the molecule is CCCCCCN(CCCCCC)c1ccc2c(c1)oc(=O)c1c(O)c(/C=C/C3=[N+](CCCS(=O)(=O)[O-])c4ccc(S(=O)(=O)[O-])cc4C3(C)C)c(=O)oc12. The molecule has 54 heavy (non-hydrogen) atoms. The number of aromatic hydroxyl groups is 1. The topological polar surface area (TPSA) is 201 Å². The number of benzene rings is 2. The van der Waals surface area contributed by atoms with Gasteiger partial charge in [-0.3, -0.25) is 0 Å². The van der Waals surface area contributed by atoms with Crippen molar-refractivity contribution in [3.8, 4) is 5.75 Å². The van der Waals surface area contributed by atoms with Crippen LogP contribution in [-0.4, -0.2) is 66.7 Å². The minimum Gasteiger partial charge on any atom is -0.748 e. The first kappa shape index (κ1) is 40.9. The molecule has 0 amide bonds. The molecular weight excluding hydrogens is 737 g/mol. The molecule has 0 fully saturated rings. The molecule has 1 aliphatic heterocycles. The summed E-state index contributed by atoms with van der Waals surface area (Å²) >= 11 is 0. The average Bonchev–Trinajstić information content (AvgIpc) is 3.30. The summed E-state index contributed by atoms with van der Waals surface area (Å²) in [5, 5.41) is 11.4. The lowest BCUT2D eigenvalue weighted by Gasteiger charge is -2.25. The highest BCUT2D eigenvalue weighted by Crippen LogP contribution is 2.42. The fraction of sp³-hybridized carbons (Fsp3) is 0.462. The molecule has 0 radical (unpaired) electrons. The van der Waals surface area contributed by atoms with Gasteiger partial charge in [-0.1, -0.05) is 52.4 Å². The Morgan fingerprint density at radius 2 is 1.50 bits per heavy atom. The highest BCUT2D eigenvalue weighted by Gasteiger charge is 2.44. The monoisotopic (exact) mass is 783 g/mol. The Morgan fingerprint density at radius 3 is 2.11 bits per heavy atom. The van der Waals surface area contributed by atoms with Crippen LogP contribution in [0, 0.1) is 0 Å². The number of anilines is 1. The van der Waals surface area contributed by atoms with Gasteiger partial charge in [0.05, 0.1) is 25.8 Å². The van der Waals surface area contributed by atoms with Gasteiger partial charge < -0.3 is 27.9 Å². The van der Waals surface area contributed by atoms with Crippen molar-refractivity contribution < 1.29 is 44.5 Å². The predicted octanol–water partition coefficient (Wildman–Crippen LogP) is 6.50. The standard InChI is InChI=1S/C39H48N2O11S2/c1-5-7-9-11-20-40(21-12-10-8-6-2)26-14-16-28-32(24-26)51-38(44)34-35(42)29(37(43)52-36(28)34)17-19-33-39(3,4)30-25-27(54(48,49)50)15-18-31(30)41(33)22-13-23-53(45,46)47/h14-19,24-25H,5-13,20-23H2,1-4H3,(H2,45,46,47,48,49,50)/p-1. The second-order valence-electron chi connectivity index (χ2n) is 14.3. The molecule has 0 bridgehead atoms. The Morgan fingerprint density at radius 1 is 0.833 bits per heavy atom. The van der Waals surface area contributed by atoms with Gasteiger partial charge in [-0.25, -0.2) is 26.4 Å². The molecule has 2 aromatic carbocycles. The molecule has 0 aliphatic carbocycles. The van der Waals surface area contributed by atoms with Gasteiger partial charge in [0.15, 0.2) is 11.3 Å². The Balaban J connectivity index is 1.56. The lowest BCUT2D eigenvalue weighted by molar-refractivity contribution is -0.437. The Hall–Kier alpha value is -4.31. The molecule has 0 saturated carbocycles. The van der Waals surface area contributed by atoms with E-state index < -0.39 is 53.3 Å². The van der Waals surface area contributed by atoms with Crippen molar-refractivity contribution in [2.24, 2.45) is 0 Å². The van der Waals surface area contributed by atoms with E-state index in [4.69, 9.17) is 8.83 Å². The maximum atomic E-state index is 13.5. The van der Waals surface area contributed by atoms with Gasteiger partial charge in [0, 0.05) is 54.7 Å². The summed E-state index contributed by atoms with van der Waals surface area (Å²) in [6, 6.07) is 9.14. The molecule has 1 N–H and O–H groups in total. The van der Waals surface area contributed by atoms with Gasteiger partial charge in [0.1, 0.15) is 38.9 Å². The van der Waals surface area contributed by atoms with Crippen LogP contribution in [0.4, 0.5) is 11.4 Å². The zero-order valence-electron chi connectivity index (χ0n) is 31.1. The second-order valence-corrected chi connectivity index (χ2v) is 17.2. The number of allylic oxidation sites excluding steroid dienone is 1. The first-order valence-corrected chi connectivity index (χ1v) is 21.3. The van der Waals surface area contributed by atoms with Gasteiger partial charge in [-0.2, -0.15) is 4.58 Å². The van der Waals surface area contributed by atoms with Crippen molar-refractivity contribution in [3.63, 3.8) is 0 Å². The normalized spacial score (nSPS) is 14.5. The molecule has 1 aliphatic rings. The van der Waals surface area contributed by atoms with E-state index in [1.165, 1.54) is 24.3 Å². The van der Waals surface area contributed by atoms with E-state index in [0.29, 0.717) is 22.3 Å². The maximum Gasteiger partial charge on any atom is 0.351 e. The molecule has 4 aromatic rings. The number of unbranched alkanes of at least 4 members (excludes halogenated alkanes) is 6. The average molecular weight is 784 g/mol. The van der Waals surface area contributed by atoms with Crippen LogP contribution in [-0.2, 0) is 25.7 Å². The Kier molecular flexibility index (Phi) is 12.6. The van der Waals surface area contributed by atoms with Crippen LogP contribution >= 0.6 is 0 Å². The van der Waals surface area contributed by atoms with Crippen molar-refractivity contribution in [2.45, 2.75) is 95.8 Å². The summed E-state index contributed by atoms with van der Waals surface area (Å²) in [5.41, 5.74) is -0.969. The second kappa shape index (κ2) is 16.6. The maximum absolute atomic E-state index is 13.5. The van der Waals surface area contributed by atoms with Gasteiger partial charge in [-0.15, -0.1) is 0 Å². The van der Waals surface area contributed by atoms with Crippen LogP contribution in [0.1, 0.15) is 96.6 Å². The van der Waals surface area contributed by atoms with Crippen LogP contribution in [0.25, 0.3) is 28.0 Å². The van der Waals surface area contributed by atoms with E-state index in [1.807, 2.05) is 6.07 Å². The fourth-order valence-electron chi connectivity index (χ4n) is 7.14. The van der Waals surface area contributed by atoms with Crippen LogP contribution < -0.4 is 16.2 Å². The first-order valence-electron chi connectivity index (χ1n) is 18.4. The van der Waals surface area contributed by atoms with E-state index in [1.54, 1.807) is 30.6 Å². The van der Waals surface area contributed by atoms with Crippen molar-refractivity contribution in [2.75, 3.05) is 30.3 Å². The van der Waals surface area contributed by atoms with Crippen molar-refractivity contribution >= 4 is 65.3 Å². The molecule has 15 heteroatoms. The molecule has 0 spiro atoms. The molecule has 0 atom stereocenters. The van der Waals surface area contributed by atoms with Crippen molar-refractivity contribution in [1.82, 2.24) is 0 Å². The van der Waals surface area contributed by atoms with Crippen LogP contribution in [0.2, 0.25) is 0 Å². The molecule has 13 nitrogen and oxygen atoms in total. The van der Waals surface area contributed by atoms with Gasteiger partial charge in [0.2, 0.25) is 5.69 Å². The molecular formula is C39H47N2O11S2-. The summed E-state index contributed by atoms with van der Waals surface area (Å²) in [6.07, 6.45) is 11.4. The first-order chi connectivity index (χ1) is 25.5. The van der Waals surface area contributed by atoms with E-state index in [-0.39, 0.29) is 35.1 Å². The minimum absolute atomic E-state index is 0.00578. The smallest absolute Gasteiger partial charge is 0.351 e. The van der Waals surface area contributed by atoms with Crippen LogP contribution in [0.3, 0.4) is 0 Å². The van der Waals surface area contributed by atoms with Crippen LogP contribution in [0.15, 0.2) is 65.8 Å². The van der Waals surface area contributed by atoms with E-state index >= 15 is 0 Å². The van der Waals surface area contributed by atoms with Gasteiger partial charge in [0.25, 0.3) is 0 Å². The predicted molar refractivity (Wildman–Crippen MR) is 206 cm³/mol. The number of hydrogen-bond acceptors (Lipinski definition) is 12. The number of nitrogens with zero attached hydrogens (tertiary/aromatic N) is 2. The molecule has 0 saturated heterocycles. The number of hydrogen-bond donors (Lipinski definition) is 1. The van der Waals surface area contributed by atoms with Gasteiger partial charge >= 0.3 is 11.3 Å². The fourth-order valence-corrected chi connectivity index (χ4v) is 8.12. The third-order valence-corrected chi connectivity index (χ3v) is 11.6. The number of rotatable bonds is 18. The molecule has 292 valence electrons. The molecule has 3 heterocycles. The minimum atomic E-state index is -4.82. The Labute approximate surface area is 315 Å². The van der Waals surface area contributed by atoms with Crippen molar-refractivity contribution in [1.29, 1.82) is 0 Å². The third-order valence-electron chi connectivity index (χ3n) is 10.0. The van der Waals surface area contributed by atoms with Gasteiger partial charge in [-0.05, 0) is 57.0 Å². The Bertz CT molecular complexity index is 2430. The summed E-state index contributed by atoms with van der Waals surface area (Å²) < 4.78 is 82.7. The number of fused-ring (bicyclic) bond motifs is 4. The molecule has 5 rings (SSSR count). The molecule has 0 unspecified atom stereocenters. The summed E-state index contributed by atoms with van der Waals surface area (Å²) in [7, 11) is -9.36. The highest BCUT2D eigenvalue weighted by atomic mass is 32.2. The highest BCUT2D eigenvalue weighted by molar-refractivity contribution is 7.86. The summed E-state index contributed by atoms with van der Waals surface area (Å²) in [6.45, 7) is 9.48. The summed E-state index contributed by atoms with van der Waals surface area (Å²) in [4.78, 5) is 28.7. The van der Waals surface area contributed by atoms with Crippen molar-refractivity contribution in [3.05, 3.63) is 74.4 Å². The zero-order chi connectivity index (χ0) is 39.4. The quantitative estimate of drug-likeness (QED) is 0.0378. The molecule has 2 aromatic heterocycles. The largest absolute Gasteiger partial charge is 0.748 e. The zero-order valence-corrected chi connectivity index (χ0v) is 32.7. The third kappa shape index (κ3) is 8.96.